The predicted molar refractivity (Wildman–Crippen MR) is 72.4 cm³/mol. The Labute approximate surface area is 116 Å². The molecule has 0 aromatic heterocycles. The second kappa shape index (κ2) is 5.25. The van der Waals surface area contributed by atoms with Crippen molar-refractivity contribution in [2.75, 3.05) is 5.32 Å². The van der Waals surface area contributed by atoms with Gasteiger partial charge >= 0.3 is 5.97 Å². The Kier molecular flexibility index (Phi) is 3.44. The number of hydrogen-bond acceptors (Lipinski definition) is 3. The molecule has 1 amide bonds. The van der Waals surface area contributed by atoms with Crippen molar-refractivity contribution in [2.24, 2.45) is 5.92 Å². The Balaban J connectivity index is 1.65. The highest BCUT2D eigenvalue weighted by molar-refractivity contribution is 5.93. The number of anilines is 1. The van der Waals surface area contributed by atoms with E-state index >= 15 is 0 Å². The first-order valence-electron chi connectivity index (χ1n) is 6.89. The van der Waals surface area contributed by atoms with Gasteiger partial charge in [0.2, 0.25) is 5.91 Å². The monoisotopic (exact) mass is 275 g/mol. The number of carbonyl (C=O) groups is 2. The summed E-state index contributed by atoms with van der Waals surface area (Å²) in [5, 5.41) is 11.7. The average Bonchev–Trinajstić information content (AvgIpc) is 3.00. The third-order valence-electron chi connectivity index (χ3n) is 3.99. The van der Waals surface area contributed by atoms with Gasteiger partial charge in [-0.2, -0.15) is 0 Å². The number of ether oxygens (including phenoxy) is 1. The van der Waals surface area contributed by atoms with Crippen LogP contribution in [0.15, 0.2) is 24.3 Å². The summed E-state index contributed by atoms with van der Waals surface area (Å²) in [6.45, 7) is 0. The van der Waals surface area contributed by atoms with Crippen LogP contribution in [-0.4, -0.2) is 29.2 Å². The van der Waals surface area contributed by atoms with Crippen molar-refractivity contribution in [3.8, 4) is 0 Å². The second-order valence-corrected chi connectivity index (χ2v) is 5.48. The van der Waals surface area contributed by atoms with Crippen molar-refractivity contribution in [1.29, 1.82) is 0 Å². The van der Waals surface area contributed by atoms with E-state index in [-0.39, 0.29) is 30.5 Å². The van der Waals surface area contributed by atoms with Gasteiger partial charge in [-0.15, -0.1) is 0 Å². The lowest BCUT2D eigenvalue weighted by Gasteiger charge is -2.18. The first kappa shape index (κ1) is 13.1. The van der Waals surface area contributed by atoms with Crippen LogP contribution >= 0.6 is 0 Å². The zero-order valence-corrected chi connectivity index (χ0v) is 11.0. The van der Waals surface area contributed by atoms with Crippen LogP contribution in [0.25, 0.3) is 0 Å². The van der Waals surface area contributed by atoms with E-state index < -0.39 is 5.97 Å². The highest BCUT2D eigenvalue weighted by atomic mass is 16.5. The Morgan fingerprint density at radius 2 is 2.20 bits per heavy atom. The van der Waals surface area contributed by atoms with Crippen LogP contribution in [0, 0.1) is 5.92 Å². The molecule has 3 unspecified atom stereocenters. The van der Waals surface area contributed by atoms with Gasteiger partial charge in [0.15, 0.2) is 0 Å². The number of benzene rings is 1. The van der Waals surface area contributed by atoms with Crippen LogP contribution in [0.4, 0.5) is 5.69 Å². The fraction of sp³-hybridized carbons (Fsp3) is 0.467. The topological polar surface area (TPSA) is 75.6 Å². The number of carboxylic acid groups (broad SMARTS) is 1. The molecular weight excluding hydrogens is 258 g/mol. The molecule has 5 nitrogen and oxygen atoms in total. The molecule has 2 fully saturated rings. The fourth-order valence-electron chi connectivity index (χ4n) is 3.08. The van der Waals surface area contributed by atoms with Crippen LogP contribution in [0.5, 0.6) is 0 Å². The van der Waals surface area contributed by atoms with Crippen molar-refractivity contribution in [3.05, 3.63) is 29.8 Å². The number of nitrogens with one attached hydrogen (secondary N) is 1. The summed E-state index contributed by atoms with van der Waals surface area (Å²) in [4.78, 5) is 22.9. The number of hydrogen-bond donors (Lipinski definition) is 2. The molecule has 1 aromatic rings. The first-order valence-corrected chi connectivity index (χ1v) is 6.89. The first-order chi connectivity index (χ1) is 9.61. The van der Waals surface area contributed by atoms with E-state index in [4.69, 9.17) is 9.84 Å². The Morgan fingerprint density at radius 3 is 2.85 bits per heavy atom. The molecule has 2 heterocycles. The molecule has 2 bridgehead atoms. The van der Waals surface area contributed by atoms with Crippen molar-refractivity contribution in [2.45, 2.75) is 37.9 Å². The number of carbonyl (C=O) groups excluding carboxylic acids is 1. The van der Waals surface area contributed by atoms with E-state index in [1.807, 2.05) is 0 Å². The molecular formula is C15H17NO4. The van der Waals surface area contributed by atoms with Gasteiger partial charge in [0.1, 0.15) is 0 Å². The normalized spacial score (nSPS) is 27.5. The number of amides is 1. The molecule has 1 aromatic carbocycles. The number of fused-ring (bicyclic) bond motifs is 2. The Morgan fingerprint density at radius 1 is 1.35 bits per heavy atom. The number of aliphatic carboxylic acids is 1. The van der Waals surface area contributed by atoms with E-state index in [0.29, 0.717) is 11.3 Å². The minimum absolute atomic E-state index is 0.0234. The molecule has 3 atom stereocenters. The largest absolute Gasteiger partial charge is 0.481 e. The lowest BCUT2D eigenvalue weighted by atomic mass is 9.88. The molecule has 5 heteroatoms. The van der Waals surface area contributed by atoms with Gasteiger partial charge < -0.3 is 15.2 Å². The Hall–Kier alpha value is -1.88. The maximum absolute atomic E-state index is 12.2. The minimum Gasteiger partial charge on any atom is -0.481 e. The van der Waals surface area contributed by atoms with Gasteiger partial charge in [0, 0.05) is 5.69 Å². The molecule has 0 spiro atoms. The smallest absolute Gasteiger partial charge is 0.307 e. The van der Waals surface area contributed by atoms with E-state index in [0.717, 1.165) is 19.3 Å². The van der Waals surface area contributed by atoms with Crippen LogP contribution in [0.3, 0.4) is 0 Å². The zero-order chi connectivity index (χ0) is 14.1. The summed E-state index contributed by atoms with van der Waals surface area (Å²) >= 11 is 0. The van der Waals surface area contributed by atoms with Gasteiger partial charge in [-0.1, -0.05) is 12.1 Å². The molecule has 2 aliphatic heterocycles. The van der Waals surface area contributed by atoms with Gasteiger partial charge in [-0.05, 0) is 37.0 Å². The standard InChI is InChI=1S/C15H17NO4/c17-14(18)7-9-2-1-3-10(6-9)16-15(19)12-8-11-4-5-13(12)20-11/h1-3,6,11-13H,4-5,7-8H2,(H,16,19)(H,17,18). The lowest BCUT2D eigenvalue weighted by Crippen LogP contribution is -2.30. The third kappa shape index (κ3) is 2.67. The quantitative estimate of drug-likeness (QED) is 0.879. The molecule has 2 N–H and O–H groups in total. The lowest BCUT2D eigenvalue weighted by molar-refractivity contribution is -0.136. The van der Waals surface area contributed by atoms with E-state index in [1.54, 1.807) is 24.3 Å². The zero-order valence-electron chi connectivity index (χ0n) is 11.0. The third-order valence-corrected chi connectivity index (χ3v) is 3.99. The maximum Gasteiger partial charge on any atom is 0.307 e. The number of rotatable bonds is 4. The molecule has 2 aliphatic rings. The van der Waals surface area contributed by atoms with Crippen LogP contribution in [0.1, 0.15) is 24.8 Å². The molecule has 0 radical (unpaired) electrons. The molecule has 0 aliphatic carbocycles. The van der Waals surface area contributed by atoms with E-state index in [1.165, 1.54) is 0 Å². The fourth-order valence-corrected chi connectivity index (χ4v) is 3.08. The molecule has 20 heavy (non-hydrogen) atoms. The summed E-state index contributed by atoms with van der Waals surface area (Å²) in [7, 11) is 0. The van der Waals surface area contributed by atoms with Crippen molar-refractivity contribution >= 4 is 17.6 Å². The van der Waals surface area contributed by atoms with E-state index in [2.05, 4.69) is 5.32 Å². The minimum atomic E-state index is -0.880. The van der Waals surface area contributed by atoms with Gasteiger partial charge in [-0.25, -0.2) is 0 Å². The summed E-state index contributed by atoms with van der Waals surface area (Å²) in [5.41, 5.74) is 1.33. The van der Waals surface area contributed by atoms with E-state index in [9.17, 15) is 9.59 Å². The van der Waals surface area contributed by atoms with Crippen LogP contribution in [0.2, 0.25) is 0 Å². The van der Waals surface area contributed by atoms with Gasteiger partial charge in [0.25, 0.3) is 0 Å². The predicted octanol–water partition coefficient (Wildman–Crippen LogP) is 1.82. The SMILES string of the molecule is O=C(O)Cc1cccc(NC(=O)C2CC3CCC2O3)c1. The van der Waals surface area contributed by atoms with Crippen molar-refractivity contribution < 1.29 is 19.4 Å². The summed E-state index contributed by atoms with van der Waals surface area (Å²) in [6, 6.07) is 6.98. The summed E-state index contributed by atoms with van der Waals surface area (Å²) in [6.07, 6.45) is 3.08. The maximum atomic E-state index is 12.2. The summed E-state index contributed by atoms with van der Waals surface area (Å²) in [5.74, 6) is -0.975. The second-order valence-electron chi connectivity index (χ2n) is 5.48. The molecule has 0 saturated carbocycles. The van der Waals surface area contributed by atoms with Crippen molar-refractivity contribution in [3.63, 3.8) is 0 Å². The number of carboxylic acids is 1. The van der Waals surface area contributed by atoms with Crippen LogP contribution < -0.4 is 5.32 Å². The highest BCUT2D eigenvalue weighted by Crippen LogP contribution is 2.39. The van der Waals surface area contributed by atoms with Crippen LogP contribution in [-0.2, 0) is 20.7 Å². The molecule has 106 valence electrons. The molecule has 2 saturated heterocycles. The van der Waals surface area contributed by atoms with Gasteiger partial charge in [0.05, 0.1) is 24.5 Å². The average molecular weight is 275 g/mol. The van der Waals surface area contributed by atoms with Gasteiger partial charge in [-0.3, -0.25) is 9.59 Å². The highest BCUT2D eigenvalue weighted by Gasteiger charge is 2.44. The molecule has 3 rings (SSSR count). The summed E-state index contributed by atoms with van der Waals surface area (Å²) < 4.78 is 5.68. The van der Waals surface area contributed by atoms with Crippen molar-refractivity contribution in [1.82, 2.24) is 0 Å². The Bertz CT molecular complexity index is 542.